The number of hydrogen-bond donors (Lipinski definition) is 1. The smallest absolute Gasteiger partial charge is 0.336 e. The predicted octanol–water partition coefficient (Wildman–Crippen LogP) is 2.00. The maximum Gasteiger partial charge on any atom is 0.336 e. The molecule has 0 bridgehead atoms. The molecule has 1 heterocycles. The van der Waals surface area contributed by atoms with Crippen LogP contribution >= 0.6 is 11.8 Å². The lowest BCUT2D eigenvalue weighted by Gasteiger charge is -2.12. The van der Waals surface area contributed by atoms with Crippen LogP contribution in [0.15, 0.2) is 40.1 Å². The fourth-order valence-electron chi connectivity index (χ4n) is 1.78. The molecule has 8 nitrogen and oxygen atoms in total. The third-order valence-corrected chi connectivity index (χ3v) is 5.00. The van der Waals surface area contributed by atoms with Crippen LogP contribution in [0.3, 0.4) is 0 Å². The number of rotatable bonds is 7. The highest BCUT2D eigenvalue weighted by Crippen LogP contribution is 2.20. The first-order valence-corrected chi connectivity index (χ1v) is 9.58. The second-order valence-corrected chi connectivity index (χ2v) is 7.95. The van der Waals surface area contributed by atoms with Crippen LogP contribution in [0, 0.1) is 0 Å². The monoisotopic (exact) mass is 383 g/mol. The summed E-state index contributed by atoms with van der Waals surface area (Å²) in [7, 11) is -0.318. The number of Topliss-reactive ketones (excluding diaryl/α,β-unsaturated/α-hetero) is 1. The van der Waals surface area contributed by atoms with E-state index in [1.165, 1.54) is 6.92 Å². The molecule has 0 atom stereocenters. The Bertz CT molecular complexity index is 873. The van der Waals surface area contributed by atoms with Gasteiger partial charge in [-0.05, 0) is 24.3 Å². The van der Waals surface area contributed by atoms with E-state index in [9.17, 15) is 18.0 Å². The number of anilines is 2. The maximum atomic E-state index is 12.3. The molecular formula is C15H17N3O5S2. The van der Waals surface area contributed by atoms with Gasteiger partial charge in [-0.15, -0.1) is 0 Å². The first kappa shape index (κ1) is 19.0. The fraction of sp³-hybridized carbons (Fsp3) is 0.267. The molecule has 0 amide bonds. The summed E-state index contributed by atoms with van der Waals surface area (Å²) in [6.45, 7) is 1.33. The van der Waals surface area contributed by atoms with E-state index in [-0.39, 0.29) is 16.6 Å². The van der Waals surface area contributed by atoms with E-state index in [4.69, 9.17) is 4.42 Å². The Morgan fingerprint density at radius 3 is 2.44 bits per heavy atom. The number of ketones is 1. The van der Waals surface area contributed by atoms with Gasteiger partial charge in [0.25, 0.3) is 0 Å². The van der Waals surface area contributed by atoms with Crippen LogP contribution in [0.1, 0.15) is 17.5 Å². The van der Waals surface area contributed by atoms with Crippen molar-refractivity contribution in [3.8, 4) is 0 Å². The first-order chi connectivity index (χ1) is 11.7. The minimum absolute atomic E-state index is 0.135. The zero-order valence-corrected chi connectivity index (χ0v) is 15.5. The Kier molecular flexibility index (Phi) is 5.85. The molecule has 1 aromatic carbocycles. The Morgan fingerprint density at radius 1 is 1.24 bits per heavy atom. The van der Waals surface area contributed by atoms with Gasteiger partial charge in [0.1, 0.15) is 0 Å². The van der Waals surface area contributed by atoms with E-state index in [1.807, 2.05) is 19.0 Å². The summed E-state index contributed by atoms with van der Waals surface area (Å²) in [4.78, 5) is 28.2. The Hall–Kier alpha value is -2.33. The van der Waals surface area contributed by atoms with Gasteiger partial charge in [0.05, 0.1) is 11.9 Å². The Morgan fingerprint density at radius 2 is 1.88 bits per heavy atom. The van der Waals surface area contributed by atoms with Gasteiger partial charge in [0.2, 0.25) is 5.78 Å². The molecule has 2 rings (SSSR count). The highest BCUT2D eigenvalue weighted by molar-refractivity contribution is 8.14. The van der Waals surface area contributed by atoms with Crippen LogP contribution in [0.25, 0.3) is 0 Å². The van der Waals surface area contributed by atoms with Crippen molar-refractivity contribution in [1.29, 1.82) is 0 Å². The Labute approximate surface area is 149 Å². The van der Waals surface area contributed by atoms with Crippen molar-refractivity contribution in [2.45, 2.75) is 12.1 Å². The highest BCUT2D eigenvalue weighted by atomic mass is 32.2. The van der Waals surface area contributed by atoms with Crippen LogP contribution in [-0.2, 0) is 14.8 Å². The van der Waals surface area contributed by atoms with Gasteiger partial charge < -0.3 is 9.32 Å². The Balaban J connectivity index is 2.12. The quantitative estimate of drug-likeness (QED) is 0.723. The van der Waals surface area contributed by atoms with E-state index in [0.717, 1.165) is 23.6 Å². The van der Waals surface area contributed by atoms with Gasteiger partial charge in [-0.1, -0.05) is 11.8 Å². The van der Waals surface area contributed by atoms with E-state index >= 15 is 0 Å². The van der Waals surface area contributed by atoms with Gasteiger partial charge in [0, 0.05) is 32.4 Å². The minimum atomic E-state index is -4.06. The molecule has 25 heavy (non-hydrogen) atoms. The third-order valence-electron chi connectivity index (χ3n) is 3.03. The van der Waals surface area contributed by atoms with E-state index in [0.29, 0.717) is 5.69 Å². The zero-order chi connectivity index (χ0) is 18.6. The van der Waals surface area contributed by atoms with Crippen molar-refractivity contribution in [2.24, 2.45) is 0 Å². The molecule has 0 spiro atoms. The largest absolute Gasteiger partial charge is 0.423 e. The number of nitrogens with one attached hydrogen (secondary N) is 1. The number of hydrogen-bond acceptors (Lipinski definition) is 8. The summed E-state index contributed by atoms with van der Waals surface area (Å²) in [5.74, 6) is -0.856. The second kappa shape index (κ2) is 7.70. The molecule has 0 fully saturated rings. The number of nitrogens with zero attached hydrogens (tertiary/aromatic N) is 2. The highest BCUT2D eigenvalue weighted by Gasteiger charge is 2.23. The lowest BCUT2D eigenvalue weighted by atomic mass is 10.3. The van der Waals surface area contributed by atoms with Gasteiger partial charge in [-0.25, -0.2) is 4.98 Å². The van der Waals surface area contributed by atoms with Gasteiger partial charge in [0.15, 0.2) is 10.9 Å². The van der Waals surface area contributed by atoms with Crippen molar-refractivity contribution < 1.29 is 22.4 Å². The number of sulfonamides is 1. The SMILES string of the molecule is CC(=O)SCC(=O)c1cnc(S(=O)(=O)Nc2ccc(N(C)C)cc2)o1. The first-order valence-electron chi connectivity index (χ1n) is 7.11. The predicted molar refractivity (Wildman–Crippen MR) is 95.6 cm³/mol. The lowest BCUT2D eigenvalue weighted by Crippen LogP contribution is -2.14. The molecule has 0 saturated carbocycles. The van der Waals surface area contributed by atoms with Gasteiger partial charge >= 0.3 is 15.2 Å². The molecule has 2 aromatic rings. The van der Waals surface area contributed by atoms with Crippen molar-refractivity contribution in [2.75, 3.05) is 29.5 Å². The zero-order valence-electron chi connectivity index (χ0n) is 13.8. The van der Waals surface area contributed by atoms with Crippen molar-refractivity contribution in [1.82, 2.24) is 4.98 Å². The van der Waals surface area contributed by atoms with E-state index < -0.39 is 21.0 Å². The summed E-state index contributed by atoms with van der Waals surface area (Å²) < 4.78 is 31.9. The fourth-order valence-corrected chi connectivity index (χ4v) is 3.18. The molecule has 0 unspecified atom stereocenters. The summed E-state index contributed by atoms with van der Waals surface area (Å²) in [5, 5.41) is -0.830. The van der Waals surface area contributed by atoms with Gasteiger partial charge in [-0.3, -0.25) is 14.3 Å². The molecular weight excluding hydrogens is 366 g/mol. The molecule has 0 radical (unpaired) electrons. The van der Waals surface area contributed by atoms with E-state index in [2.05, 4.69) is 9.71 Å². The average Bonchev–Trinajstić information content (AvgIpc) is 3.03. The van der Waals surface area contributed by atoms with Crippen molar-refractivity contribution in [3.63, 3.8) is 0 Å². The molecule has 10 heteroatoms. The molecule has 1 aromatic heterocycles. The average molecular weight is 383 g/mol. The minimum Gasteiger partial charge on any atom is -0.423 e. The lowest BCUT2D eigenvalue weighted by molar-refractivity contribution is -0.109. The number of carbonyl (C=O) groups is 2. The number of oxazole rings is 1. The summed E-state index contributed by atoms with van der Waals surface area (Å²) in [6.07, 6.45) is 1.03. The summed E-state index contributed by atoms with van der Waals surface area (Å²) in [6, 6.07) is 6.71. The normalized spacial score (nSPS) is 11.2. The topological polar surface area (TPSA) is 110 Å². The molecule has 0 aliphatic carbocycles. The van der Waals surface area contributed by atoms with Crippen LogP contribution in [0.5, 0.6) is 0 Å². The van der Waals surface area contributed by atoms with Crippen molar-refractivity contribution in [3.05, 3.63) is 36.2 Å². The standard InChI is InChI=1S/C15H17N3O5S2/c1-10(19)24-9-13(20)14-8-16-15(23-14)25(21,22)17-11-4-6-12(7-5-11)18(2)3/h4-8,17H,9H2,1-3H3. The summed E-state index contributed by atoms with van der Waals surface area (Å²) >= 11 is 0.812. The van der Waals surface area contributed by atoms with Gasteiger partial charge in [-0.2, -0.15) is 8.42 Å². The third kappa shape index (κ3) is 5.07. The van der Waals surface area contributed by atoms with Crippen LogP contribution in [0.4, 0.5) is 11.4 Å². The molecule has 0 aliphatic rings. The van der Waals surface area contributed by atoms with Crippen LogP contribution in [0.2, 0.25) is 0 Å². The van der Waals surface area contributed by atoms with Crippen molar-refractivity contribution >= 4 is 44.1 Å². The number of thioether (sulfide) groups is 1. The van der Waals surface area contributed by atoms with Crippen LogP contribution in [-0.4, -0.2) is 44.1 Å². The summed E-state index contributed by atoms with van der Waals surface area (Å²) in [5.41, 5.74) is 1.25. The number of aromatic nitrogens is 1. The van der Waals surface area contributed by atoms with Crippen LogP contribution < -0.4 is 9.62 Å². The maximum absolute atomic E-state index is 12.3. The second-order valence-electron chi connectivity index (χ2n) is 5.24. The molecule has 0 saturated heterocycles. The number of carbonyl (C=O) groups excluding carboxylic acids is 2. The molecule has 0 aliphatic heterocycles. The van der Waals surface area contributed by atoms with E-state index in [1.54, 1.807) is 24.3 Å². The molecule has 1 N–H and O–H groups in total. The molecule has 134 valence electrons. The number of benzene rings is 1.